The lowest BCUT2D eigenvalue weighted by Gasteiger charge is -2.32. The van der Waals surface area contributed by atoms with Crippen molar-refractivity contribution in [1.29, 1.82) is 0 Å². The summed E-state index contributed by atoms with van der Waals surface area (Å²) in [5.41, 5.74) is 0.319. The molecule has 0 aliphatic carbocycles. The van der Waals surface area contributed by atoms with Gasteiger partial charge in [0.2, 0.25) is 0 Å². The van der Waals surface area contributed by atoms with Gasteiger partial charge in [0.05, 0.1) is 51.1 Å². The lowest BCUT2D eigenvalue weighted by Crippen LogP contribution is -2.50. The second-order valence-electron chi connectivity index (χ2n) is 21.9. The molecule has 11 rings (SSSR count). The molecular formula is C73H62O23. The van der Waals surface area contributed by atoms with Crippen LogP contribution in [0.3, 0.4) is 0 Å². The van der Waals surface area contributed by atoms with Gasteiger partial charge >= 0.3 is 47.8 Å². The van der Waals surface area contributed by atoms with Crippen molar-refractivity contribution < 1.29 is 110 Å². The Kier molecular flexibility index (Phi) is 22.2. The molecule has 0 saturated carbocycles. The van der Waals surface area contributed by atoms with Gasteiger partial charge in [-0.1, -0.05) is 146 Å². The van der Waals surface area contributed by atoms with Crippen molar-refractivity contribution in [3.63, 3.8) is 0 Å². The maximum Gasteiger partial charge on any atom is 0.338 e. The summed E-state index contributed by atoms with van der Waals surface area (Å²) in [6.45, 7) is -2.41. The fourth-order valence-corrected chi connectivity index (χ4v) is 10.7. The predicted octanol–water partition coefficient (Wildman–Crippen LogP) is 7.98. The van der Waals surface area contributed by atoms with E-state index in [2.05, 4.69) is 0 Å². The van der Waals surface area contributed by atoms with Crippen molar-refractivity contribution in [3.8, 4) is 0 Å². The molecule has 3 aliphatic heterocycles. The molecule has 3 fully saturated rings. The van der Waals surface area contributed by atoms with E-state index in [-0.39, 0.29) is 44.5 Å². The number of hydrogen-bond acceptors (Lipinski definition) is 23. The first kappa shape index (κ1) is 66.7. The molecule has 0 bridgehead atoms. The van der Waals surface area contributed by atoms with Gasteiger partial charge in [-0.15, -0.1) is 0 Å². The van der Waals surface area contributed by atoms with Crippen molar-refractivity contribution in [1.82, 2.24) is 0 Å². The Morgan fingerprint density at radius 1 is 0.323 bits per heavy atom. The van der Waals surface area contributed by atoms with E-state index in [1.54, 1.807) is 146 Å². The quantitative estimate of drug-likeness (QED) is 0.0405. The normalized spacial score (nSPS) is 23.2. The monoisotopic (exact) mass is 1310 g/mol. The van der Waals surface area contributed by atoms with Gasteiger partial charge in [-0.2, -0.15) is 0 Å². The van der Waals surface area contributed by atoms with E-state index >= 15 is 0 Å². The van der Waals surface area contributed by atoms with Gasteiger partial charge in [0.15, 0.2) is 55.5 Å². The molecule has 23 heteroatoms. The summed E-state index contributed by atoms with van der Waals surface area (Å²) in [5, 5.41) is 23.1. The minimum Gasteiger partial charge on any atom is -0.459 e. The molecule has 3 aliphatic rings. The number of hydrogen-bond donors (Lipinski definition) is 2. The van der Waals surface area contributed by atoms with Crippen molar-refractivity contribution in [3.05, 3.63) is 287 Å². The van der Waals surface area contributed by atoms with Crippen LogP contribution < -0.4 is 0 Å². The van der Waals surface area contributed by atoms with Crippen molar-refractivity contribution in [2.24, 2.45) is 0 Å². The number of esters is 8. The van der Waals surface area contributed by atoms with Crippen molar-refractivity contribution in [2.75, 3.05) is 19.8 Å². The molecule has 8 aromatic carbocycles. The average molecular weight is 1310 g/mol. The standard InChI is InChI=1S/C73H62O23/c74-55-59(92-67(79)48-33-17-5-18-34-48)56(91-71(55)83)54(89-73-61(94-69(81)50-37-21-7-22-38-50)58(90-66(78)47-31-15-4-16-32-47)53(88-73)42-85-64(76)45-27-11-2-12-28-45)43-86-72-62(95-70(82)51-39-23-8-24-40-51)60(93-68(80)49-35-19-6-20-36-49)57(96-72)52(87-65(77)46-29-13-3-14-30-46)41-84-63(75)44-25-9-1-10-26-44/h1-40,52-62,71-74,83H,41-43H2/t52-,53-,54-,55-,56+,57+,58-,59-,60+,61+,62-,71?,72-,73-/m1/s1. The Bertz CT molecular complexity index is 3910. The van der Waals surface area contributed by atoms with Crippen LogP contribution in [-0.4, -0.2) is 164 Å². The number of benzene rings is 8. The second kappa shape index (κ2) is 31.9. The molecule has 0 radical (unpaired) electrons. The van der Waals surface area contributed by atoms with Gasteiger partial charge < -0.3 is 71.8 Å². The highest BCUT2D eigenvalue weighted by molar-refractivity contribution is 5.93. The largest absolute Gasteiger partial charge is 0.459 e. The third-order valence-electron chi connectivity index (χ3n) is 15.5. The zero-order valence-corrected chi connectivity index (χ0v) is 50.8. The third kappa shape index (κ3) is 16.6. The first-order valence-electron chi connectivity index (χ1n) is 30.4. The molecule has 492 valence electrons. The summed E-state index contributed by atoms with van der Waals surface area (Å²) in [7, 11) is 0. The van der Waals surface area contributed by atoms with Gasteiger partial charge in [-0.25, -0.2) is 38.4 Å². The summed E-state index contributed by atoms with van der Waals surface area (Å²) in [6.07, 6.45) is -26.0. The van der Waals surface area contributed by atoms with Crippen LogP contribution in [0.2, 0.25) is 0 Å². The first-order chi connectivity index (χ1) is 46.8. The summed E-state index contributed by atoms with van der Waals surface area (Å²) in [5.74, 6) is -7.63. The van der Waals surface area contributed by atoms with Crippen LogP contribution >= 0.6 is 0 Å². The number of rotatable bonds is 25. The highest BCUT2D eigenvalue weighted by Crippen LogP contribution is 2.38. The molecule has 14 atom stereocenters. The van der Waals surface area contributed by atoms with Crippen LogP contribution in [0.15, 0.2) is 243 Å². The summed E-state index contributed by atoms with van der Waals surface area (Å²) < 4.78 is 81.1. The maximum absolute atomic E-state index is 14.5. The molecule has 0 aromatic heterocycles. The fourth-order valence-electron chi connectivity index (χ4n) is 10.7. The van der Waals surface area contributed by atoms with E-state index in [1.807, 2.05) is 0 Å². The Balaban J connectivity index is 1.00. The SMILES string of the molecule is O=C(OC[C@@H](OC(=O)c1ccccc1)[C@@H]1O[C@@H](OC[C@@H](O[C@H]2O[C@H](COC(=O)c3ccccc3)[C@@H](OC(=O)c3ccccc3)[C@@H]2OC(=O)c2ccccc2)[C@@H]2OC(O)[C@H](O)[C@H]2OC(=O)c2ccccc2)[C@H](OC(=O)c2ccccc2)[C@H]1OC(=O)c1ccccc1)c1ccccc1. The molecule has 3 heterocycles. The Morgan fingerprint density at radius 3 is 1.05 bits per heavy atom. The van der Waals surface area contributed by atoms with Crippen LogP contribution in [0, 0.1) is 0 Å². The Morgan fingerprint density at radius 2 is 0.646 bits per heavy atom. The van der Waals surface area contributed by atoms with Gasteiger partial charge in [-0.05, 0) is 97.1 Å². The van der Waals surface area contributed by atoms with E-state index in [4.69, 9.17) is 61.6 Å². The third-order valence-corrected chi connectivity index (χ3v) is 15.5. The number of carbonyl (C=O) groups excluding carboxylic acids is 8. The fraction of sp³-hybridized carbons (Fsp3) is 0.233. The Hall–Kier alpha value is -10.8. The maximum atomic E-state index is 14.5. The molecule has 96 heavy (non-hydrogen) atoms. The summed E-state index contributed by atoms with van der Waals surface area (Å²) in [4.78, 5) is 113. The van der Waals surface area contributed by atoms with Crippen LogP contribution in [0.1, 0.15) is 82.9 Å². The number of carbonyl (C=O) groups is 8. The number of aliphatic hydroxyl groups is 2. The van der Waals surface area contributed by atoms with Crippen LogP contribution in [0.4, 0.5) is 0 Å². The molecule has 3 saturated heterocycles. The van der Waals surface area contributed by atoms with Crippen molar-refractivity contribution in [2.45, 2.75) is 86.0 Å². The van der Waals surface area contributed by atoms with Gasteiger partial charge in [0.25, 0.3) is 0 Å². The van der Waals surface area contributed by atoms with E-state index in [1.165, 1.54) is 97.1 Å². The minimum absolute atomic E-state index is 0.00196. The van der Waals surface area contributed by atoms with E-state index in [9.17, 15) is 48.6 Å². The van der Waals surface area contributed by atoms with Crippen LogP contribution in [0.25, 0.3) is 0 Å². The number of aliphatic hydroxyl groups excluding tert-OH is 2. The van der Waals surface area contributed by atoms with Gasteiger partial charge in [-0.3, -0.25) is 0 Å². The molecular weight excluding hydrogens is 1240 g/mol. The summed E-state index contributed by atoms with van der Waals surface area (Å²) in [6, 6.07) is 61.7. The average Bonchev–Trinajstić information content (AvgIpc) is 1.64. The van der Waals surface area contributed by atoms with E-state index in [0.717, 1.165) is 0 Å². The molecule has 23 nitrogen and oxygen atoms in total. The lowest BCUT2D eigenvalue weighted by molar-refractivity contribution is -0.256. The highest BCUT2D eigenvalue weighted by atomic mass is 16.8. The summed E-state index contributed by atoms with van der Waals surface area (Å²) >= 11 is 0. The lowest BCUT2D eigenvalue weighted by atomic mass is 10.0. The molecule has 8 aromatic rings. The highest BCUT2D eigenvalue weighted by Gasteiger charge is 2.58. The van der Waals surface area contributed by atoms with E-state index < -0.39 is 154 Å². The Labute approximate surface area is 548 Å². The second-order valence-corrected chi connectivity index (χ2v) is 21.9. The predicted molar refractivity (Wildman–Crippen MR) is 332 cm³/mol. The topological polar surface area (TPSA) is 297 Å². The van der Waals surface area contributed by atoms with Gasteiger partial charge in [0, 0.05) is 0 Å². The van der Waals surface area contributed by atoms with E-state index in [0.29, 0.717) is 0 Å². The molecule has 2 N–H and O–H groups in total. The molecule has 1 unspecified atom stereocenters. The number of ether oxygens (including phenoxy) is 13. The van der Waals surface area contributed by atoms with Crippen molar-refractivity contribution >= 4 is 47.8 Å². The first-order valence-corrected chi connectivity index (χ1v) is 30.4. The smallest absolute Gasteiger partial charge is 0.338 e. The zero-order valence-electron chi connectivity index (χ0n) is 50.8. The minimum atomic E-state index is -2.12. The van der Waals surface area contributed by atoms with Crippen LogP contribution in [-0.2, 0) is 61.6 Å². The zero-order chi connectivity index (χ0) is 66.9. The van der Waals surface area contributed by atoms with Gasteiger partial charge in [0.1, 0.15) is 43.7 Å². The molecule has 0 spiro atoms. The van der Waals surface area contributed by atoms with Crippen LogP contribution in [0.5, 0.6) is 0 Å². The molecule has 0 amide bonds.